The van der Waals surface area contributed by atoms with Gasteiger partial charge in [-0.1, -0.05) is 59.5 Å². The number of hydrogen-bond acceptors (Lipinski definition) is 6. The molecule has 140 valence electrons. The Kier molecular flexibility index (Phi) is 6.65. The number of benzene rings is 2. The van der Waals surface area contributed by atoms with Crippen LogP contribution in [0.1, 0.15) is 18.5 Å². The molecule has 0 fully saturated rings. The summed E-state index contributed by atoms with van der Waals surface area (Å²) in [6, 6.07) is 17.3. The molecule has 3 aromatic rings. The van der Waals surface area contributed by atoms with Gasteiger partial charge >= 0.3 is 0 Å². The van der Waals surface area contributed by atoms with Crippen molar-refractivity contribution in [3.8, 4) is 11.4 Å². The van der Waals surface area contributed by atoms with Crippen LogP contribution in [0.3, 0.4) is 0 Å². The Bertz CT molecular complexity index is 970. The summed E-state index contributed by atoms with van der Waals surface area (Å²) in [6.07, 6.45) is 0. The second kappa shape index (κ2) is 9.16. The van der Waals surface area contributed by atoms with Crippen LogP contribution in [0, 0.1) is 3.95 Å². The normalized spacial score (nSPS) is 11.8. The van der Waals surface area contributed by atoms with Crippen molar-refractivity contribution in [1.82, 2.24) is 15.1 Å². The van der Waals surface area contributed by atoms with Gasteiger partial charge in [-0.25, -0.2) is 4.68 Å². The van der Waals surface area contributed by atoms with E-state index in [4.69, 9.17) is 17.0 Å². The Morgan fingerprint density at radius 1 is 1.26 bits per heavy atom. The van der Waals surface area contributed by atoms with E-state index in [0.29, 0.717) is 3.95 Å². The highest BCUT2D eigenvalue weighted by Gasteiger charge is 2.15. The minimum absolute atomic E-state index is 0.0641. The van der Waals surface area contributed by atoms with Crippen LogP contribution in [0.5, 0.6) is 5.75 Å². The molecule has 0 aliphatic rings. The number of nitrogens with one attached hydrogen (secondary N) is 1. The number of nitrogens with zero attached hydrogens (tertiary/aromatic N) is 2. The van der Waals surface area contributed by atoms with Crippen molar-refractivity contribution in [2.75, 3.05) is 12.9 Å². The van der Waals surface area contributed by atoms with E-state index in [1.165, 1.54) is 23.1 Å². The Balaban J connectivity index is 1.60. The molecular weight excluding hydrogens is 398 g/mol. The van der Waals surface area contributed by atoms with E-state index in [0.717, 1.165) is 21.3 Å². The monoisotopic (exact) mass is 417 g/mol. The first-order valence-corrected chi connectivity index (χ1v) is 10.5. The Morgan fingerprint density at radius 2 is 1.96 bits per heavy atom. The molecule has 0 aliphatic heterocycles. The van der Waals surface area contributed by atoms with Gasteiger partial charge in [-0.05, 0) is 37.3 Å². The summed E-state index contributed by atoms with van der Waals surface area (Å²) in [6.45, 7) is 1.94. The molecular formula is C19H19N3O2S3. The van der Waals surface area contributed by atoms with Crippen LogP contribution in [0.2, 0.25) is 0 Å². The molecule has 0 saturated heterocycles. The number of amides is 1. The van der Waals surface area contributed by atoms with Crippen molar-refractivity contribution < 1.29 is 9.53 Å². The second-order valence-electron chi connectivity index (χ2n) is 5.70. The number of hydrogen-bond donors (Lipinski definition) is 1. The molecule has 0 aliphatic carbocycles. The number of aromatic nitrogens is 2. The summed E-state index contributed by atoms with van der Waals surface area (Å²) in [5, 5.41) is 7.51. The maximum Gasteiger partial charge on any atom is 0.230 e. The van der Waals surface area contributed by atoms with Crippen LogP contribution >= 0.6 is 35.3 Å². The van der Waals surface area contributed by atoms with Gasteiger partial charge in [-0.15, -0.1) is 5.10 Å². The fraction of sp³-hybridized carbons (Fsp3) is 0.211. The third kappa shape index (κ3) is 4.97. The molecule has 1 heterocycles. The first-order valence-electron chi connectivity index (χ1n) is 8.29. The van der Waals surface area contributed by atoms with E-state index in [9.17, 15) is 4.79 Å². The summed E-state index contributed by atoms with van der Waals surface area (Å²) in [5.41, 5.74) is 1.86. The smallest absolute Gasteiger partial charge is 0.230 e. The standard InChI is InChI=1S/C19H19N3O2S3/c1-13(15-10-6-7-11-16(15)24-2)20-17(23)12-26-18-21-22(19(25)27-18)14-8-4-3-5-9-14/h3-11,13H,12H2,1-2H3,(H,20,23). The highest BCUT2D eigenvalue weighted by Crippen LogP contribution is 2.26. The third-order valence-electron chi connectivity index (χ3n) is 3.84. The summed E-state index contributed by atoms with van der Waals surface area (Å²) in [7, 11) is 1.63. The Labute approximate surface area is 171 Å². The molecule has 1 unspecified atom stereocenters. The van der Waals surface area contributed by atoms with Crippen LogP contribution in [0.4, 0.5) is 0 Å². The Hall–Kier alpha value is -2.16. The molecule has 27 heavy (non-hydrogen) atoms. The van der Waals surface area contributed by atoms with Crippen molar-refractivity contribution in [2.24, 2.45) is 0 Å². The first kappa shape index (κ1) is 19.6. The number of methoxy groups -OCH3 is 1. The predicted octanol–water partition coefficient (Wildman–Crippen LogP) is 4.64. The van der Waals surface area contributed by atoms with Crippen LogP contribution in [0.25, 0.3) is 5.69 Å². The van der Waals surface area contributed by atoms with E-state index in [2.05, 4.69) is 10.4 Å². The summed E-state index contributed by atoms with van der Waals surface area (Å²) < 4.78 is 8.50. The molecule has 1 aromatic heterocycles. The van der Waals surface area contributed by atoms with Crippen molar-refractivity contribution in [3.63, 3.8) is 0 Å². The summed E-state index contributed by atoms with van der Waals surface area (Å²) in [5.74, 6) is 0.972. The SMILES string of the molecule is COc1ccccc1C(C)NC(=O)CSc1nn(-c2ccccc2)c(=S)s1. The third-order valence-corrected chi connectivity index (χ3v) is 6.21. The maximum absolute atomic E-state index is 12.3. The minimum Gasteiger partial charge on any atom is -0.496 e. The molecule has 2 aromatic carbocycles. The molecule has 3 rings (SSSR count). The zero-order valence-corrected chi connectivity index (χ0v) is 17.4. The number of carbonyl (C=O) groups excluding carboxylic acids is 1. The molecule has 1 amide bonds. The van der Waals surface area contributed by atoms with E-state index in [1.54, 1.807) is 11.8 Å². The van der Waals surface area contributed by atoms with E-state index in [-0.39, 0.29) is 17.7 Å². The van der Waals surface area contributed by atoms with Gasteiger partial charge in [-0.3, -0.25) is 4.79 Å². The van der Waals surface area contributed by atoms with Crippen LogP contribution < -0.4 is 10.1 Å². The molecule has 8 heteroatoms. The van der Waals surface area contributed by atoms with Crippen molar-refractivity contribution in [3.05, 3.63) is 64.1 Å². The van der Waals surface area contributed by atoms with Gasteiger partial charge in [-0.2, -0.15) is 0 Å². The zero-order chi connectivity index (χ0) is 19.2. The Morgan fingerprint density at radius 3 is 2.70 bits per heavy atom. The molecule has 1 N–H and O–H groups in total. The fourth-order valence-electron chi connectivity index (χ4n) is 2.56. The molecule has 0 saturated carbocycles. The second-order valence-corrected chi connectivity index (χ2v) is 8.55. The topological polar surface area (TPSA) is 56.1 Å². The van der Waals surface area contributed by atoms with Crippen LogP contribution in [-0.4, -0.2) is 28.6 Å². The lowest BCUT2D eigenvalue weighted by atomic mass is 10.1. The van der Waals surface area contributed by atoms with Crippen molar-refractivity contribution >= 4 is 41.2 Å². The number of carbonyl (C=O) groups is 1. The number of rotatable bonds is 7. The van der Waals surface area contributed by atoms with Crippen molar-refractivity contribution in [2.45, 2.75) is 17.3 Å². The highest BCUT2D eigenvalue weighted by atomic mass is 32.2. The van der Waals surface area contributed by atoms with Gasteiger partial charge in [0.2, 0.25) is 5.91 Å². The van der Waals surface area contributed by atoms with Gasteiger partial charge in [0, 0.05) is 5.56 Å². The number of para-hydroxylation sites is 2. The van der Waals surface area contributed by atoms with Crippen LogP contribution in [-0.2, 0) is 4.79 Å². The maximum atomic E-state index is 12.3. The zero-order valence-electron chi connectivity index (χ0n) is 14.9. The molecule has 0 spiro atoms. The molecule has 1 atom stereocenters. The molecule has 0 bridgehead atoms. The van der Waals surface area contributed by atoms with Gasteiger partial charge < -0.3 is 10.1 Å². The minimum atomic E-state index is -0.144. The number of ether oxygens (including phenoxy) is 1. The molecule has 5 nitrogen and oxygen atoms in total. The number of thioether (sulfide) groups is 1. The lowest BCUT2D eigenvalue weighted by Crippen LogP contribution is -2.28. The average Bonchev–Trinajstić information content (AvgIpc) is 3.07. The van der Waals surface area contributed by atoms with Gasteiger partial charge in [0.15, 0.2) is 8.29 Å². The lowest BCUT2D eigenvalue weighted by Gasteiger charge is -2.16. The van der Waals surface area contributed by atoms with Crippen LogP contribution in [0.15, 0.2) is 58.9 Å². The summed E-state index contributed by atoms with van der Waals surface area (Å²) in [4.78, 5) is 12.3. The van der Waals surface area contributed by atoms with Crippen molar-refractivity contribution in [1.29, 1.82) is 0 Å². The largest absolute Gasteiger partial charge is 0.496 e. The summed E-state index contributed by atoms with van der Waals surface area (Å²) >= 11 is 8.17. The van der Waals surface area contributed by atoms with E-state index >= 15 is 0 Å². The first-order chi connectivity index (χ1) is 13.1. The van der Waals surface area contributed by atoms with Gasteiger partial charge in [0.05, 0.1) is 24.6 Å². The lowest BCUT2D eigenvalue weighted by molar-refractivity contribution is -0.119. The average molecular weight is 418 g/mol. The van der Waals surface area contributed by atoms with E-state index in [1.807, 2.05) is 61.5 Å². The highest BCUT2D eigenvalue weighted by molar-refractivity contribution is 8.01. The quantitative estimate of drug-likeness (QED) is 0.448. The van der Waals surface area contributed by atoms with Gasteiger partial charge in [0.1, 0.15) is 5.75 Å². The van der Waals surface area contributed by atoms with E-state index < -0.39 is 0 Å². The van der Waals surface area contributed by atoms with Gasteiger partial charge in [0.25, 0.3) is 0 Å². The fourth-order valence-corrected chi connectivity index (χ4v) is 4.74. The predicted molar refractivity (Wildman–Crippen MR) is 113 cm³/mol. The molecule has 0 radical (unpaired) electrons.